The zero-order valence-electron chi connectivity index (χ0n) is 12.6. The van der Waals surface area contributed by atoms with Crippen molar-refractivity contribution in [3.8, 4) is 0 Å². The number of nitrogens with one attached hydrogen (secondary N) is 1. The van der Waals surface area contributed by atoms with Crippen LogP contribution in [0.4, 0.5) is 10.6 Å². The van der Waals surface area contributed by atoms with Crippen molar-refractivity contribution in [2.45, 2.75) is 26.3 Å². The van der Waals surface area contributed by atoms with Crippen LogP contribution in [-0.2, 0) is 6.42 Å². The molecule has 1 aliphatic heterocycles. The van der Waals surface area contributed by atoms with Gasteiger partial charge >= 0.3 is 6.03 Å². The highest BCUT2D eigenvalue weighted by Gasteiger charge is 2.32. The van der Waals surface area contributed by atoms with Crippen LogP contribution < -0.4 is 10.2 Å². The second kappa shape index (κ2) is 5.97. The Hall–Kier alpha value is -2.07. The first-order valence-electron chi connectivity index (χ1n) is 7.47. The van der Waals surface area contributed by atoms with Gasteiger partial charge in [-0.2, -0.15) is 0 Å². The molecule has 2 heterocycles. The minimum Gasteiger partial charge on any atom is -0.327 e. The van der Waals surface area contributed by atoms with E-state index in [-0.39, 0.29) is 12.1 Å². The maximum atomic E-state index is 12.4. The largest absolute Gasteiger partial charge is 0.327 e. The number of hydrogen-bond acceptors (Lipinski definition) is 2. The quantitative estimate of drug-likeness (QED) is 0.932. The van der Waals surface area contributed by atoms with Crippen LogP contribution >= 0.6 is 11.6 Å². The maximum absolute atomic E-state index is 12.4. The Morgan fingerprint density at radius 2 is 2.09 bits per heavy atom. The summed E-state index contributed by atoms with van der Waals surface area (Å²) in [6, 6.07) is 11.3. The Bertz CT molecular complexity index is 717. The molecular weight excluding hydrogens is 298 g/mol. The fraction of sp³-hybridized carbons (Fsp3) is 0.294. The van der Waals surface area contributed by atoms with Crippen molar-refractivity contribution in [1.82, 2.24) is 10.3 Å². The van der Waals surface area contributed by atoms with Crippen molar-refractivity contribution in [3.63, 3.8) is 0 Å². The number of fused-ring (bicyclic) bond motifs is 1. The second-order valence-electron chi connectivity index (χ2n) is 5.25. The maximum Gasteiger partial charge on any atom is 0.323 e. The van der Waals surface area contributed by atoms with Gasteiger partial charge in [0.1, 0.15) is 5.82 Å². The predicted molar refractivity (Wildman–Crippen MR) is 88.5 cm³/mol. The first kappa shape index (κ1) is 14.9. The van der Waals surface area contributed by atoms with Crippen molar-refractivity contribution < 1.29 is 4.79 Å². The molecule has 0 bridgehead atoms. The minimum absolute atomic E-state index is 0.124. The number of carbonyl (C=O) groups excluding carboxylic acids is 1. The monoisotopic (exact) mass is 315 g/mol. The van der Waals surface area contributed by atoms with Gasteiger partial charge in [-0.15, -0.1) is 0 Å². The molecule has 1 N–H and O–H groups in total. The normalized spacial score (nSPS) is 17.1. The highest BCUT2D eigenvalue weighted by Crippen LogP contribution is 2.34. The summed E-state index contributed by atoms with van der Waals surface area (Å²) in [5.74, 6) is 0.746. The third kappa shape index (κ3) is 2.55. The molecule has 5 heteroatoms. The molecule has 1 aromatic carbocycles. The van der Waals surface area contributed by atoms with Gasteiger partial charge in [0.05, 0.1) is 6.04 Å². The molecule has 0 saturated carbocycles. The van der Waals surface area contributed by atoms with Crippen LogP contribution in [0.5, 0.6) is 0 Å². The smallest absolute Gasteiger partial charge is 0.323 e. The van der Waals surface area contributed by atoms with Gasteiger partial charge in [-0.05, 0) is 37.1 Å². The molecule has 1 atom stereocenters. The number of hydrogen-bond donors (Lipinski definition) is 1. The SMILES string of the molecule is CCc1ccc2c(n1)N(CC)C(=O)NC2c1cccc(Cl)c1. The van der Waals surface area contributed by atoms with Gasteiger partial charge in [-0.25, -0.2) is 9.78 Å². The molecule has 0 aliphatic carbocycles. The van der Waals surface area contributed by atoms with Gasteiger partial charge in [0, 0.05) is 22.8 Å². The van der Waals surface area contributed by atoms with E-state index in [2.05, 4.69) is 23.3 Å². The van der Waals surface area contributed by atoms with Gasteiger partial charge < -0.3 is 5.32 Å². The van der Waals surface area contributed by atoms with Crippen molar-refractivity contribution >= 4 is 23.4 Å². The molecule has 3 rings (SSSR count). The molecule has 1 aliphatic rings. The lowest BCUT2D eigenvalue weighted by Gasteiger charge is -2.34. The fourth-order valence-electron chi connectivity index (χ4n) is 2.75. The average Bonchev–Trinajstić information content (AvgIpc) is 2.53. The summed E-state index contributed by atoms with van der Waals surface area (Å²) in [5, 5.41) is 3.70. The fourth-order valence-corrected chi connectivity index (χ4v) is 2.95. The van der Waals surface area contributed by atoms with Crippen molar-refractivity contribution in [1.29, 1.82) is 0 Å². The number of carbonyl (C=O) groups is 1. The summed E-state index contributed by atoms with van der Waals surface area (Å²) in [6.07, 6.45) is 0.842. The molecule has 4 nitrogen and oxygen atoms in total. The zero-order chi connectivity index (χ0) is 15.7. The van der Waals surface area contributed by atoms with Gasteiger partial charge in [0.2, 0.25) is 0 Å². The van der Waals surface area contributed by atoms with Gasteiger partial charge in [-0.1, -0.05) is 36.7 Å². The Kier molecular flexibility index (Phi) is 4.03. The topological polar surface area (TPSA) is 45.2 Å². The zero-order valence-corrected chi connectivity index (χ0v) is 13.4. The average molecular weight is 316 g/mol. The lowest BCUT2D eigenvalue weighted by Crippen LogP contribution is -2.47. The summed E-state index contributed by atoms with van der Waals surface area (Å²) in [6.45, 7) is 4.59. The summed E-state index contributed by atoms with van der Waals surface area (Å²) in [5.41, 5.74) is 2.95. The Morgan fingerprint density at radius 1 is 1.27 bits per heavy atom. The van der Waals surface area contributed by atoms with Crippen LogP contribution in [0.1, 0.15) is 36.7 Å². The second-order valence-corrected chi connectivity index (χ2v) is 5.69. The summed E-state index contributed by atoms with van der Waals surface area (Å²) in [4.78, 5) is 18.7. The number of aryl methyl sites for hydroxylation is 1. The molecule has 114 valence electrons. The first-order chi connectivity index (χ1) is 10.6. The molecule has 0 spiro atoms. The number of halogens is 1. The van der Waals surface area contributed by atoms with Crippen molar-refractivity contribution in [2.75, 3.05) is 11.4 Å². The minimum atomic E-state index is -0.220. The highest BCUT2D eigenvalue weighted by molar-refractivity contribution is 6.30. The predicted octanol–water partition coefficient (Wildman–Crippen LogP) is 3.94. The Labute approximate surface area is 135 Å². The lowest BCUT2D eigenvalue weighted by atomic mass is 9.97. The third-order valence-corrected chi connectivity index (χ3v) is 4.14. The van der Waals surface area contributed by atoms with Gasteiger partial charge in [0.25, 0.3) is 0 Å². The van der Waals surface area contributed by atoms with Crippen molar-refractivity contribution in [2.24, 2.45) is 0 Å². The summed E-state index contributed by atoms with van der Waals surface area (Å²) in [7, 11) is 0. The number of urea groups is 1. The molecule has 2 amide bonds. The van der Waals surface area contributed by atoms with Crippen LogP contribution in [0.25, 0.3) is 0 Å². The van der Waals surface area contributed by atoms with E-state index in [4.69, 9.17) is 11.6 Å². The lowest BCUT2D eigenvalue weighted by molar-refractivity contribution is 0.242. The molecule has 2 aromatic rings. The molecule has 1 unspecified atom stereocenters. The number of rotatable bonds is 3. The van der Waals surface area contributed by atoms with Crippen LogP contribution in [0.3, 0.4) is 0 Å². The number of amides is 2. The van der Waals surface area contributed by atoms with Crippen LogP contribution in [-0.4, -0.2) is 17.6 Å². The van der Waals surface area contributed by atoms with E-state index < -0.39 is 0 Å². The molecule has 0 fully saturated rings. The van der Waals surface area contributed by atoms with Crippen LogP contribution in [0.2, 0.25) is 5.02 Å². The van der Waals surface area contributed by atoms with Crippen LogP contribution in [0.15, 0.2) is 36.4 Å². The van der Waals surface area contributed by atoms with E-state index in [0.717, 1.165) is 29.1 Å². The number of aromatic nitrogens is 1. The first-order valence-corrected chi connectivity index (χ1v) is 7.85. The standard InChI is InChI=1S/C17H18ClN3O/c1-3-13-8-9-14-15(11-6-5-7-12(18)10-11)20-17(22)21(4-2)16(14)19-13/h5-10,15H,3-4H2,1-2H3,(H,20,22). The van der Waals surface area contributed by atoms with E-state index in [1.165, 1.54) is 0 Å². The molecule has 22 heavy (non-hydrogen) atoms. The Balaban J connectivity index is 2.13. The van der Waals surface area contributed by atoms with E-state index in [1.807, 2.05) is 37.3 Å². The number of pyridine rings is 1. The highest BCUT2D eigenvalue weighted by atomic mass is 35.5. The van der Waals surface area contributed by atoms with E-state index in [1.54, 1.807) is 4.90 Å². The van der Waals surface area contributed by atoms with Crippen LogP contribution in [0, 0.1) is 0 Å². The van der Waals surface area contributed by atoms with E-state index >= 15 is 0 Å². The molecule has 0 saturated heterocycles. The number of nitrogens with zero attached hydrogens (tertiary/aromatic N) is 2. The van der Waals surface area contributed by atoms with E-state index in [9.17, 15) is 4.79 Å². The van der Waals surface area contributed by atoms with E-state index in [0.29, 0.717) is 11.6 Å². The van der Waals surface area contributed by atoms with Gasteiger partial charge in [-0.3, -0.25) is 4.90 Å². The molecular formula is C17H18ClN3O. The number of anilines is 1. The molecule has 1 aromatic heterocycles. The van der Waals surface area contributed by atoms with Crippen molar-refractivity contribution in [3.05, 3.63) is 58.2 Å². The summed E-state index contributed by atoms with van der Waals surface area (Å²) < 4.78 is 0. The number of benzene rings is 1. The Morgan fingerprint density at radius 3 is 2.77 bits per heavy atom. The van der Waals surface area contributed by atoms with Gasteiger partial charge in [0.15, 0.2) is 0 Å². The molecule has 0 radical (unpaired) electrons. The third-order valence-electron chi connectivity index (χ3n) is 3.90. The summed E-state index contributed by atoms with van der Waals surface area (Å²) >= 11 is 6.09.